The molecular formula is B2O8Pb5. The van der Waals surface area contributed by atoms with E-state index in [-0.39, 0.29) is 147 Å². The molecular weight excluding hydrogens is 1190 g/mol. The molecule has 0 aliphatic carbocycles. The molecule has 0 aromatic rings. The fourth-order valence-electron chi connectivity index (χ4n) is 0. The Morgan fingerprint density at radius 2 is 0.400 bits per heavy atom. The number of rotatable bonds is 0. The molecule has 0 amide bonds. The average Bonchev–Trinajstić information content (AvgIpc) is 1.25. The average molecular weight is 1190 g/mol. The molecule has 0 rings (SSSR count). The summed E-state index contributed by atoms with van der Waals surface area (Å²) in [6, 6.07) is 0. The van der Waals surface area contributed by atoms with E-state index in [2.05, 4.69) is 0 Å². The van der Waals surface area contributed by atoms with Crippen LogP contribution in [0, 0.1) is 0 Å². The Kier molecular flexibility index (Phi) is 208. The summed E-state index contributed by atoms with van der Waals surface area (Å²) in [5, 5.41) is 50.5. The molecule has 15 heavy (non-hydrogen) atoms. The van der Waals surface area contributed by atoms with Crippen molar-refractivity contribution in [3.05, 3.63) is 0 Å². The fraction of sp³-hybridized carbons (Fsp3) is 0. The van der Waals surface area contributed by atoms with Crippen molar-refractivity contribution in [1.82, 2.24) is 0 Å². The normalized spacial score (nSPS) is 3.60. The van der Waals surface area contributed by atoms with Gasteiger partial charge in [-0.2, -0.15) is 0 Å². The van der Waals surface area contributed by atoms with Gasteiger partial charge in [-0.3, -0.25) is 14.6 Å². The maximum absolute atomic E-state index is 8.42. The van der Waals surface area contributed by atoms with Crippen molar-refractivity contribution in [2.24, 2.45) is 0 Å². The van der Waals surface area contributed by atoms with Crippen LogP contribution in [0.2, 0.25) is 0 Å². The summed E-state index contributed by atoms with van der Waals surface area (Å²) in [5.41, 5.74) is 0. The van der Waals surface area contributed by atoms with Gasteiger partial charge in [0.25, 0.3) is 0 Å². The summed E-state index contributed by atoms with van der Waals surface area (Å²) >= 11 is 0. The largest absolute Gasteiger partial charge is 2.00 e. The molecule has 0 aliphatic rings. The molecule has 10 radical (unpaired) electrons. The molecule has 15 heteroatoms. The Hall–Kier alpha value is 4.42. The summed E-state index contributed by atoms with van der Waals surface area (Å²) in [5.74, 6) is 0. The van der Waals surface area contributed by atoms with E-state index in [0.29, 0.717) is 0 Å². The second-order valence-corrected chi connectivity index (χ2v) is 0.577. The minimum Gasteiger partial charge on any atom is -2.00 e. The van der Waals surface area contributed by atoms with Crippen LogP contribution in [0.25, 0.3) is 0 Å². The molecule has 0 bridgehead atoms. The smallest absolute Gasteiger partial charge is 2.00 e. The third kappa shape index (κ3) is 254. The van der Waals surface area contributed by atoms with Crippen LogP contribution < -0.4 is 30.1 Å². The van der Waals surface area contributed by atoms with Crippen LogP contribution in [0.5, 0.6) is 0 Å². The van der Waals surface area contributed by atoms with E-state index in [4.69, 9.17) is 30.1 Å². The van der Waals surface area contributed by atoms with E-state index in [9.17, 15) is 0 Å². The predicted octanol–water partition coefficient (Wildman–Crippen LogP) is -10.0. The first-order valence-corrected chi connectivity index (χ1v) is 1.41. The van der Waals surface area contributed by atoms with Crippen molar-refractivity contribution in [3.63, 3.8) is 0 Å². The molecule has 0 saturated carbocycles. The van der Waals surface area contributed by atoms with Crippen LogP contribution >= 0.6 is 0 Å². The van der Waals surface area contributed by atoms with Gasteiger partial charge >= 0.3 is 136 Å². The second-order valence-electron chi connectivity index (χ2n) is 0.577. The van der Waals surface area contributed by atoms with Crippen molar-refractivity contribution in [3.8, 4) is 0 Å². The van der Waals surface area contributed by atoms with Crippen molar-refractivity contribution < 1.29 is 41.1 Å². The zero-order valence-electron chi connectivity index (χ0n) is 6.92. The first kappa shape index (κ1) is 60.7. The third-order valence-electron chi connectivity index (χ3n) is 0. The molecule has 0 heterocycles. The van der Waals surface area contributed by atoms with E-state index >= 15 is 0 Å². The van der Waals surface area contributed by atoms with Gasteiger partial charge in [0, 0.05) is 0 Å². The van der Waals surface area contributed by atoms with Crippen LogP contribution in [-0.2, 0) is 11.0 Å². The molecule has 8 nitrogen and oxygen atoms in total. The quantitative estimate of drug-likeness (QED) is 0.216. The van der Waals surface area contributed by atoms with Gasteiger partial charge in [-0.25, -0.2) is 0 Å². The third-order valence-corrected chi connectivity index (χ3v) is 0. The van der Waals surface area contributed by atoms with Crippen LogP contribution in [0.1, 0.15) is 0 Å². The van der Waals surface area contributed by atoms with Crippen molar-refractivity contribution >= 4 is 151 Å². The van der Waals surface area contributed by atoms with Gasteiger partial charge in [0.15, 0.2) is 0 Å². The standard InChI is InChI=1S/2BO3.2O.5Pb/c2*2-1(3)4;;;;;;;/q2*-3;2*-2;5*+2. The van der Waals surface area contributed by atoms with Gasteiger partial charge in [-0.05, 0) is 0 Å². The molecule has 0 fully saturated rings. The zero-order valence-corrected chi connectivity index (χ0v) is 26.4. The molecule has 0 N–H and O–H groups in total. The maximum atomic E-state index is 8.42. The topological polar surface area (TPSA) is 195 Å². The predicted molar refractivity (Wildman–Crippen MR) is 41.7 cm³/mol. The molecule has 0 spiro atoms. The maximum Gasteiger partial charge on any atom is 2.00 e. The summed E-state index contributed by atoms with van der Waals surface area (Å²) in [4.78, 5) is 0. The monoisotopic (exact) mass is 1190 g/mol. The van der Waals surface area contributed by atoms with Crippen molar-refractivity contribution in [1.29, 1.82) is 0 Å². The zero-order chi connectivity index (χ0) is 7.15. The number of hydrogen-bond acceptors (Lipinski definition) is 6. The van der Waals surface area contributed by atoms with Gasteiger partial charge in [-0.15, -0.1) is 0 Å². The Morgan fingerprint density at radius 3 is 0.400 bits per heavy atom. The van der Waals surface area contributed by atoms with Crippen molar-refractivity contribution in [2.75, 3.05) is 0 Å². The molecule has 74 valence electrons. The minimum absolute atomic E-state index is 0. The Labute approximate surface area is 188 Å². The molecule has 0 aliphatic heterocycles. The van der Waals surface area contributed by atoms with Crippen LogP contribution in [-0.4, -0.2) is 151 Å². The Morgan fingerprint density at radius 1 is 0.400 bits per heavy atom. The molecule has 0 saturated heterocycles. The molecule has 0 unspecified atom stereocenters. The van der Waals surface area contributed by atoms with Crippen molar-refractivity contribution in [2.45, 2.75) is 0 Å². The Bertz CT molecular complexity index is 36.5. The van der Waals surface area contributed by atoms with Gasteiger partial charge in [0.2, 0.25) is 0 Å². The van der Waals surface area contributed by atoms with Crippen LogP contribution in [0.4, 0.5) is 0 Å². The summed E-state index contributed by atoms with van der Waals surface area (Å²) in [7, 11) is -5.83. The summed E-state index contributed by atoms with van der Waals surface area (Å²) in [6.07, 6.45) is 0. The van der Waals surface area contributed by atoms with E-state index in [1.165, 1.54) is 0 Å². The molecule has 0 aromatic heterocycles. The van der Waals surface area contributed by atoms with Gasteiger partial charge in [0.1, 0.15) is 0 Å². The Balaban J connectivity index is -0.00000000468. The summed E-state index contributed by atoms with van der Waals surface area (Å²) < 4.78 is 0. The second kappa shape index (κ2) is 51.5. The van der Waals surface area contributed by atoms with Crippen LogP contribution in [0.15, 0.2) is 0 Å². The van der Waals surface area contributed by atoms with E-state index < -0.39 is 14.6 Å². The van der Waals surface area contributed by atoms with E-state index in [1.54, 1.807) is 0 Å². The SMILES string of the molecule is [O-2].[O-2].[O-]B([O-])[O-].[O-]B([O-])[O-].[Pb+2].[Pb+2].[Pb+2].[Pb+2].[Pb+2]. The van der Waals surface area contributed by atoms with E-state index in [1.807, 2.05) is 0 Å². The van der Waals surface area contributed by atoms with Gasteiger partial charge in [-0.1, -0.05) is 0 Å². The summed E-state index contributed by atoms with van der Waals surface area (Å²) in [6.45, 7) is 0. The van der Waals surface area contributed by atoms with Crippen LogP contribution in [0.3, 0.4) is 0 Å². The first-order valence-electron chi connectivity index (χ1n) is 1.41. The molecule has 0 aromatic carbocycles. The van der Waals surface area contributed by atoms with Gasteiger partial charge in [0.05, 0.1) is 0 Å². The minimum atomic E-state index is -2.92. The molecule has 0 atom stereocenters. The van der Waals surface area contributed by atoms with Gasteiger partial charge < -0.3 is 41.1 Å². The van der Waals surface area contributed by atoms with E-state index in [0.717, 1.165) is 0 Å². The fourth-order valence-corrected chi connectivity index (χ4v) is 0. The first-order chi connectivity index (χ1) is 3.46. The number of hydrogen-bond donors (Lipinski definition) is 0.